The number of benzene rings is 1. The van der Waals surface area contributed by atoms with Crippen molar-refractivity contribution in [2.24, 2.45) is 0 Å². The van der Waals surface area contributed by atoms with Gasteiger partial charge >= 0.3 is 0 Å². The van der Waals surface area contributed by atoms with E-state index in [1.165, 1.54) is 4.40 Å². The average molecular weight is 255 g/mol. The summed E-state index contributed by atoms with van der Waals surface area (Å²) in [6.45, 7) is 0. The standard InChI is InChI=1S/C14H13N3O2/c1-16(2)8-10-14(19)17-11-6-4-3-5-9(11)7-12(17)13(18)15-10/h3-8H,1-2H3,(H,15,18)/b10-8+. The van der Waals surface area contributed by atoms with Crippen LogP contribution in [0.25, 0.3) is 22.6 Å². The highest BCUT2D eigenvalue weighted by molar-refractivity contribution is 5.86. The van der Waals surface area contributed by atoms with Gasteiger partial charge in [-0.3, -0.25) is 14.0 Å². The summed E-state index contributed by atoms with van der Waals surface area (Å²) >= 11 is 0. The molecule has 0 atom stereocenters. The van der Waals surface area contributed by atoms with Gasteiger partial charge in [-0.2, -0.15) is 0 Å². The summed E-state index contributed by atoms with van der Waals surface area (Å²) in [5.41, 5.74) is 0.650. The molecule has 2 heterocycles. The number of para-hydroxylation sites is 1. The normalized spacial score (nSPS) is 12.4. The monoisotopic (exact) mass is 255 g/mol. The van der Waals surface area contributed by atoms with Gasteiger partial charge < -0.3 is 9.88 Å². The van der Waals surface area contributed by atoms with Crippen molar-refractivity contribution in [1.82, 2.24) is 14.3 Å². The fourth-order valence-electron chi connectivity index (χ4n) is 2.25. The second-order valence-corrected chi connectivity index (χ2v) is 4.69. The summed E-state index contributed by atoms with van der Waals surface area (Å²) in [6, 6.07) is 9.19. The second kappa shape index (κ2) is 3.98. The van der Waals surface area contributed by atoms with Crippen molar-refractivity contribution in [3.8, 4) is 0 Å². The van der Waals surface area contributed by atoms with Gasteiger partial charge in [0.05, 0.1) is 5.52 Å². The van der Waals surface area contributed by atoms with Crippen molar-refractivity contribution in [2.75, 3.05) is 14.1 Å². The molecule has 3 aromatic rings. The van der Waals surface area contributed by atoms with Crippen molar-refractivity contribution < 1.29 is 0 Å². The molecule has 0 saturated heterocycles. The van der Waals surface area contributed by atoms with Gasteiger partial charge in [0.1, 0.15) is 10.9 Å². The minimum absolute atomic E-state index is 0.218. The van der Waals surface area contributed by atoms with E-state index in [2.05, 4.69) is 4.98 Å². The van der Waals surface area contributed by atoms with Crippen LogP contribution < -0.4 is 16.5 Å². The summed E-state index contributed by atoms with van der Waals surface area (Å²) < 4.78 is 1.46. The average Bonchev–Trinajstić information content (AvgIpc) is 2.75. The highest BCUT2D eigenvalue weighted by atomic mass is 16.1. The van der Waals surface area contributed by atoms with Crippen LogP contribution in [0.4, 0.5) is 0 Å². The first-order chi connectivity index (χ1) is 9.08. The predicted octanol–water partition coefficient (Wildman–Crippen LogP) is 0.159. The zero-order valence-corrected chi connectivity index (χ0v) is 10.7. The van der Waals surface area contributed by atoms with E-state index in [4.69, 9.17) is 0 Å². The number of aromatic nitrogens is 2. The Morgan fingerprint density at radius 1 is 1.16 bits per heavy atom. The molecular formula is C14H13N3O2. The molecule has 0 spiro atoms. The largest absolute Gasteiger partial charge is 0.382 e. The summed E-state index contributed by atoms with van der Waals surface area (Å²) in [4.78, 5) is 28.8. The molecule has 1 aromatic carbocycles. The van der Waals surface area contributed by atoms with Crippen molar-refractivity contribution in [2.45, 2.75) is 0 Å². The van der Waals surface area contributed by atoms with E-state index in [0.717, 1.165) is 10.9 Å². The number of hydrogen-bond donors (Lipinski definition) is 1. The molecule has 0 aliphatic rings. The molecular weight excluding hydrogens is 242 g/mol. The zero-order chi connectivity index (χ0) is 13.6. The quantitative estimate of drug-likeness (QED) is 0.674. The van der Waals surface area contributed by atoms with Crippen LogP contribution in [0.3, 0.4) is 0 Å². The molecule has 96 valence electrons. The first-order valence-corrected chi connectivity index (χ1v) is 5.93. The minimum atomic E-state index is -0.260. The molecule has 2 aromatic heterocycles. The van der Waals surface area contributed by atoms with Crippen LogP contribution in [-0.2, 0) is 0 Å². The highest BCUT2D eigenvalue weighted by Crippen LogP contribution is 2.14. The summed E-state index contributed by atoms with van der Waals surface area (Å²) in [7, 11) is 3.60. The third kappa shape index (κ3) is 1.71. The van der Waals surface area contributed by atoms with Gasteiger partial charge in [0.15, 0.2) is 0 Å². The van der Waals surface area contributed by atoms with E-state index >= 15 is 0 Å². The lowest BCUT2D eigenvalue weighted by Gasteiger charge is -2.03. The van der Waals surface area contributed by atoms with E-state index in [1.807, 2.05) is 24.3 Å². The number of fused-ring (bicyclic) bond motifs is 3. The molecule has 0 aliphatic heterocycles. The van der Waals surface area contributed by atoms with E-state index in [0.29, 0.717) is 5.52 Å². The van der Waals surface area contributed by atoms with Crippen LogP contribution in [0, 0.1) is 0 Å². The Morgan fingerprint density at radius 2 is 1.89 bits per heavy atom. The van der Waals surface area contributed by atoms with Gasteiger partial charge in [-0.25, -0.2) is 0 Å². The molecule has 0 unspecified atom stereocenters. The molecule has 0 fully saturated rings. The summed E-state index contributed by atoms with van der Waals surface area (Å²) in [5.74, 6) is 0. The smallest absolute Gasteiger partial charge is 0.281 e. The third-order valence-corrected chi connectivity index (χ3v) is 3.01. The molecule has 19 heavy (non-hydrogen) atoms. The molecule has 5 heteroatoms. The highest BCUT2D eigenvalue weighted by Gasteiger charge is 2.09. The van der Waals surface area contributed by atoms with Crippen LogP contribution in [0.1, 0.15) is 0 Å². The minimum Gasteiger partial charge on any atom is -0.382 e. The maximum absolute atomic E-state index is 12.4. The number of nitrogens with one attached hydrogen (secondary N) is 1. The third-order valence-electron chi connectivity index (χ3n) is 3.01. The maximum atomic E-state index is 12.4. The molecule has 0 amide bonds. The van der Waals surface area contributed by atoms with Gasteiger partial charge in [-0.1, -0.05) is 18.2 Å². The molecule has 5 nitrogen and oxygen atoms in total. The lowest BCUT2D eigenvalue weighted by molar-refractivity contribution is 0.611. The Bertz CT molecular complexity index is 935. The first kappa shape index (κ1) is 11.5. The molecule has 0 radical (unpaired) electrons. The lowest BCUT2D eigenvalue weighted by atomic mass is 10.2. The van der Waals surface area contributed by atoms with Crippen LogP contribution in [0.15, 0.2) is 39.9 Å². The van der Waals surface area contributed by atoms with Crippen LogP contribution in [0.5, 0.6) is 0 Å². The lowest BCUT2D eigenvalue weighted by Crippen LogP contribution is -2.40. The van der Waals surface area contributed by atoms with Gasteiger partial charge in [-0.15, -0.1) is 0 Å². The van der Waals surface area contributed by atoms with Crippen LogP contribution in [-0.4, -0.2) is 28.4 Å². The van der Waals surface area contributed by atoms with E-state index < -0.39 is 0 Å². The number of hydrogen-bond acceptors (Lipinski definition) is 3. The maximum Gasteiger partial charge on any atom is 0.281 e. The second-order valence-electron chi connectivity index (χ2n) is 4.69. The van der Waals surface area contributed by atoms with Crippen LogP contribution >= 0.6 is 0 Å². The number of nitrogens with zero attached hydrogens (tertiary/aromatic N) is 2. The first-order valence-electron chi connectivity index (χ1n) is 5.93. The van der Waals surface area contributed by atoms with Crippen molar-refractivity contribution in [3.63, 3.8) is 0 Å². The Hall–Kier alpha value is -2.56. The molecule has 0 saturated carbocycles. The zero-order valence-electron chi connectivity index (χ0n) is 10.7. The SMILES string of the molecule is CN(C)/C=c1/[nH]c(=O)c2cc3ccccc3n2c1=O. The molecule has 0 bridgehead atoms. The Balaban J connectivity index is 2.62. The number of aromatic amines is 1. The Kier molecular flexibility index (Phi) is 2.41. The Labute approximate surface area is 108 Å². The summed E-state index contributed by atoms with van der Waals surface area (Å²) in [5, 5.41) is 1.16. The van der Waals surface area contributed by atoms with Crippen molar-refractivity contribution >= 4 is 22.6 Å². The van der Waals surface area contributed by atoms with Crippen molar-refractivity contribution in [1.29, 1.82) is 0 Å². The van der Waals surface area contributed by atoms with E-state index in [9.17, 15) is 9.59 Å². The van der Waals surface area contributed by atoms with Gasteiger partial charge in [0, 0.05) is 25.7 Å². The fourth-order valence-corrected chi connectivity index (χ4v) is 2.25. The van der Waals surface area contributed by atoms with Crippen molar-refractivity contribution in [3.05, 3.63) is 56.4 Å². The summed E-state index contributed by atoms with van der Waals surface area (Å²) in [6.07, 6.45) is 1.61. The predicted molar refractivity (Wildman–Crippen MR) is 75.2 cm³/mol. The molecule has 3 rings (SSSR count). The molecule has 1 N–H and O–H groups in total. The Morgan fingerprint density at radius 3 is 2.63 bits per heavy atom. The van der Waals surface area contributed by atoms with Gasteiger partial charge in [0.2, 0.25) is 0 Å². The fraction of sp³-hybridized carbons (Fsp3) is 0.143. The van der Waals surface area contributed by atoms with Gasteiger partial charge in [-0.05, 0) is 12.1 Å². The number of rotatable bonds is 1. The molecule has 0 aliphatic carbocycles. The van der Waals surface area contributed by atoms with Crippen LogP contribution in [0.2, 0.25) is 0 Å². The van der Waals surface area contributed by atoms with E-state index in [1.54, 1.807) is 31.3 Å². The van der Waals surface area contributed by atoms with Gasteiger partial charge in [0.25, 0.3) is 11.1 Å². The topological polar surface area (TPSA) is 57.6 Å². The number of H-pyrrole nitrogens is 1. The van der Waals surface area contributed by atoms with E-state index in [-0.39, 0.29) is 16.5 Å².